The van der Waals surface area contributed by atoms with Crippen molar-refractivity contribution in [1.29, 1.82) is 0 Å². The Balaban J connectivity index is 1.36. The number of esters is 1. The normalized spacial score (nSPS) is 35.3. The minimum absolute atomic E-state index is 0.0456. The Bertz CT molecular complexity index is 1460. The van der Waals surface area contributed by atoms with Crippen molar-refractivity contribution in [2.75, 3.05) is 6.61 Å². The first kappa shape index (κ1) is 33.0. The van der Waals surface area contributed by atoms with Gasteiger partial charge in [0.1, 0.15) is 12.2 Å². The summed E-state index contributed by atoms with van der Waals surface area (Å²) in [6.45, 7) is -0.250. The quantitative estimate of drug-likeness (QED) is 0.190. The van der Waals surface area contributed by atoms with Gasteiger partial charge in [0.05, 0.1) is 12.7 Å². The third-order valence-electron chi connectivity index (χ3n) is 8.47. The van der Waals surface area contributed by atoms with Crippen LogP contribution in [0.25, 0.3) is 0 Å². The SMILES string of the molecule is O=C1OC2CCOC2C1OS(=O)(=O)C(F)(F)C(F)(F)C(F)(F)C(F)(F)S(=O)(=O)NS(=O)(=O)OC1C2CC3CC(C2)CC1C3. The molecule has 4 aliphatic carbocycles. The minimum Gasteiger partial charge on any atom is -0.457 e. The maximum atomic E-state index is 14.6. The van der Waals surface area contributed by atoms with Crippen LogP contribution < -0.4 is 4.13 Å². The second-order valence-electron chi connectivity index (χ2n) is 11.3. The summed E-state index contributed by atoms with van der Waals surface area (Å²) in [4.78, 5) is 11.7. The number of carbonyl (C=O) groups excluding carboxylic acids is 1. The van der Waals surface area contributed by atoms with E-state index < -0.39 is 95.0 Å². The Morgan fingerprint density at radius 3 is 1.79 bits per heavy atom. The molecule has 0 spiro atoms. The fourth-order valence-electron chi connectivity index (χ4n) is 6.72. The molecule has 43 heavy (non-hydrogen) atoms. The minimum atomic E-state index is -7.83. The molecule has 4 saturated carbocycles. The summed E-state index contributed by atoms with van der Waals surface area (Å²) in [5, 5.41) is -14.7. The molecular weight excluding hydrogens is 678 g/mol. The van der Waals surface area contributed by atoms with Crippen LogP contribution in [0.1, 0.15) is 38.5 Å². The van der Waals surface area contributed by atoms with E-state index in [9.17, 15) is 65.2 Å². The largest absolute Gasteiger partial charge is 0.457 e. The topological polar surface area (TPSA) is 168 Å². The molecule has 1 N–H and O–H groups in total. The third kappa shape index (κ3) is 5.04. The number of halogens is 8. The molecule has 0 aromatic heterocycles. The molecule has 0 aromatic rings. The highest BCUT2D eigenvalue weighted by molar-refractivity contribution is 8.03. The van der Waals surface area contributed by atoms with Crippen molar-refractivity contribution in [3.05, 3.63) is 0 Å². The van der Waals surface area contributed by atoms with Gasteiger partial charge in [-0.25, -0.2) is 17.4 Å². The van der Waals surface area contributed by atoms with Gasteiger partial charge in [-0.2, -0.15) is 52.0 Å². The molecule has 0 radical (unpaired) electrons. The van der Waals surface area contributed by atoms with Gasteiger partial charge in [-0.3, -0.25) is 4.18 Å². The lowest BCUT2D eigenvalue weighted by molar-refractivity contribution is -0.327. The average Bonchev–Trinajstić information content (AvgIpc) is 3.41. The van der Waals surface area contributed by atoms with E-state index in [0.29, 0.717) is 25.7 Å². The summed E-state index contributed by atoms with van der Waals surface area (Å²) < 4.78 is 207. The number of rotatable bonds is 11. The van der Waals surface area contributed by atoms with Crippen LogP contribution >= 0.6 is 0 Å². The predicted molar refractivity (Wildman–Crippen MR) is 121 cm³/mol. The molecule has 0 aromatic carbocycles. The molecule has 2 aliphatic heterocycles. The zero-order valence-electron chi connectivity index (χ0n) is 21.3. The van der Waals surface area contributed by atoms with Crippen LogP contribution in [0.2, 0.25) is 0 Å². The van der Waals surface area contributed by atoms with Gasteiger partial charge in [0.15, 0.2) is 0 Å². The van der Waals surface area contributed by atoms with Crippen molar-refractivity contribution >= 4 is 36.4 Å². The second-order valence-corrected chi connectivity index (χ2v) is 16.2. The van der Waals surface area contributed by atoms with Crippen LogP contribution in [-0.2, 0) is 53.1 Å². The van der Waals surface area contributed by atoms with E-state index in [-0.39, 0.29) is 29.0 Å². The summed E-state index contributed by atoms with van der Waals surface area (Å²) in [6, 6.07) is 0. The number of ether oxygens (including phenoxy) is 2. The molecule has 6 fully saturated rings. The zero-order chi connectivity index (χ0) is 32.2. The van der Waals surface area contributed by atoms with Crippen LogP contribution in [0.3, 0.4) is 0 Å². The highest BCUT2D eigenvalue weighted by Gasteiger charge is 2.88. The van der Waals surface area contributed by atoms with Gasteiger partial charge in [0.25, 0.3) is 10.0 Å². The first-order chi connectivity index (χ1) is 19.4. The molecule has 6 aliphatic rings. The van der Waals surface area contributed by atoms with Crippen molar-refractivity contribution in [2.45, 2.75) is 85.3 Å². The van der Waals surface area contributed by atoms with Crippen LogP contribution in [0.15, 0.2) is 0 Å². The van der Waals surface area contributed by atoms with E-state index in [0.717, 1.165) is 6.42 Å². The van der Waals surface area contributed by atoms with Gasteiger partial charge in [0, 0.05) is 6.42 Å². The summed E-state index contributed by atoms with van der Waals surface area (Å²) in [5.41, 5.74) is 0. The Kier molecular flexibility index (Phi) is 7.71. The molecule has 6 rings (SSSR count). The molecule has 248 valence electrons. The van der Waals surface area contributed by atoms with E-state index in [1.54, 1.807) is 0 Å². The van der Waals surface area contributed by atoms with Crippen LogP contribution in [0.4, 0.5) is 35.1 Å². The number of hydrogen-bond donors (Lipinski definition) is 1. The fraction of sp³-hybridized carbons (Fsp3) is 0.950. The molecule has 3 atom stereocenters. The second kappa shape index (κ2) is 10.0. The van der Waals surface area contributed by atoms with Crippen molar-refractivity contribution in [2.24, 2.45) is 23.7 Å². The van der Waals surface area contributed by atoms with Gasteiger partial charge in [0.2, 0.25) is 6.10 Å². The maximum Gasteiger partial charge on any atom is 0.438 e. The number of alkyl halides is 8. The monoisotopic (exact) mass is 701 g/mol. The summed E-state index contributed by atoms with van der Waals surface area (Å²) >= 11 is 0. The van der Waals surface area contributed by atoms with E-state index in [1.165, 1.54) is 0 Å². The van der Waals surface area contributed by atoms with Crippen molar-refractivity contribution in [1.82, 2.24) is 4.13 Å². The van der Waals surface area contributed by atoms with E-state index in [2.05, 4.69) is 13.1 Å². The third-order valence-corrected chi connectivity index (χ3v) is 12.9. The number of hydrogen-bond acceptors (Lipinski definition) is 11. The summed E-state index contributed by atoms with van der Waals surface area (Å²) in [5.74, 6) is -17.9. The maximum absolute atomic E-state index is 14.6. The first-order valence-electron chi connectivity index (χ1n) is 12.7. The summed E-state index contributed by atoms with van der Waals surface area (Å²) in [6.07, 6.45) is -4.51. The lowest BCUT2D eigenvalue weighted by atomic mass is 9.55. The number of fused-ring (bicyclic) bond motifs is 1. The number of sulfonamides is 1. The molecule has 12 nitrogen and oxygen atoms in total. The molecule has 3 unspecified atom stereocenters. The van der Waals surface area contributed by atoms with Crippen LogP contribution in [0.5, 0.6) is 0 Å². The lowest BCUT2D eigenvalue weighted by Gasteiger charge is -2.53. The Labute approximate surface area is 239 Å². The molecule has 2 heterocycles. The van der Waals surface area contributed by atoms with Crippen molar-refractivity contribution in [3.63, 3.8) is 0 Å². The molecule has 2 saturated heterocycles. The van der Waals surface area contributed by atoms with Gasteiger partial charge < -0.3 is 9.47 Å². The Morgan fingerprint density at radius 1 is 0.744 bits per heavy atom. The molecule has 23 heteroatoms. The highest BCUT2D eigenvalue weighted by atomic mass is 32.3. The zero-order valence-corrected chi connectivity index (χ0v) is 23.8. The molecular formula is C20H23F8NO11S3. The number of nitrogens with one attached hydrogen (secondary N) is 1. The molecule has 0 amide bonds. The lowest BCUT2D eigenvalue weighted by Crippen LogP contribution is -2.68. The Morgan fingerprint density at radius 2 is 1.26 bits per heavy atom. The standard InChI is InChI=1S/C20H23F8NO11S3/c21-17(22,18(23,24)20(27,28)42(33,34)39-15-14-12(1-2-37-14)38-16(15)30)19(25,26)41(31,32)29-43(35,36)40-13-10-4-8-3-9(6-10)7-11(13)5-8/h8-15,29H,1-7H2. The summed E-state index contributed by atoms with van der Waals surface area (Å²) in [7, 11) is -21.0. The van der Waals surface area contributed by atoms with E-state index >= 15 is 0 Å². The van der Waals surface area contributed by atoms with E-state index in [1.807, 2.05) is 0 Å². The van der Waals surface area contributed by atoms with E-state index in [4.69, 9.17) is 4.74 Å². The van der Waals surface area contributed by atoms with Crippen LogP contribution in [0, 0.1) is 23.7 Å². The van der Waals surface area contributed by atoms with Crippen molar-refractivity contribution < 1.29 is 83.0 Å². The fourth-order valence-corrected chi connectivity index (χ4v) is 10.5. The van der Waals surface area contributed by atoms with Gasteiger partial charge in [-0.15, -0.1) is 0 Å². The van der Waals surface area contributed by atoms with Gasteiger partial charge >= 0.3 is 48.7 Å². The molecule has 4 bridgehead atoms. The number of carbonyl (C=O) groups is 1. The average molecular weight is 702 g/mol. The first-order valence-corrected chi connectivity index (χ1v) is 17.0. The van der Waals surface area contributed by atoms with Crippen molar-refractivity contribution in [3.8, 4) is 0 Å². The predicted octanol–water partition coefficient (Wildman–Crippen LogP) is 1.88. The van der Waals surface area contributed by atoms with Crippen LogP contribution in [-0.4, -0.2) is 84.6 Å². The smallest absolute Gasteiger partial charge is 0.438 e. The van der Waals surface area contributed by atoms with Gasteiger partial charge in [-0.1, -0.05) is 4.13 Å². The van der Waals surface area contributed by atoms with Gasteiger partial charge in [-0.05, 0) is 55.8 Å². The highest BCUT2D eigenvalue weighted by Crippen LogP contribution is 2.57. The Hall–Kier alpha value is -1.40.